The van der Waals surface area contributed by atoms with E-state index >= 15 is 0 Å². The van der Waals surface area contributed by atoms with Crippen LogP contribution in [0.2, 0.25) is 0 Å². The lowest BCUT2D eigenvalue weighted by Gasteiger charge is -2.31. The highest BCUT2D eigenvalue weighted by atomic mass is 127. The fraction of sp³-hybridized carbons (Fsp3) is 0.600. The number of allylic oxidation sites excluding steroid dienone is 3. The van der Waals surface area contributed by atoms with Gasteiger partial charge in [-0.05, 0) is 17.9 Å². The molecule has 0 fully saturated rings. The molecule has 0 amide bonds. The molecule has 0 saturated heterocycles. The number of alkyl halides is 1. The van der Waals surface area contributed by atoms with Gasteiger partial charge in [-0.15, -0.1) is 0 Å². The first-order valence-electron chi connectivity index (χ1n) is 4.26. The SMILES string of the molecule is CC1C=CC(I)(C(C)C)C(O)=C1. The zero-order valence-electron chi connectivity index (χ0n) is 7.71. The third-order valence-corrected chi connectivity index (χ3v) is 4.45. The summed E-state index contributed by atoms with van der Waals surface area (Å²) in [5, 5.41) is 9.77. The molecule has 0 spiro atoms. The minimum Gasteiger partial charge on any atom is -0.511 e. The molecule has 1 aliphatic rings. The van der Waals surface area contributed by atoms with Crippen LogP contribution in [0.5, 0.6) is 0 Å². The largest absolute Gasteiger partial charge is 0.511 e. The van der Waals surface area contributed by atoms with E-state index in [1.165, 1.54) is 0 Å². The van der Waals surface area contributed by atoms with Gasteiger partial charge in [-0.3, -0.25) is 0 Å². The number of halogens is 1. The molecule has 1 aliphatic carbocycles. The standard InChI is InChI=1S/C10H15IO/c1-7(2)10(11)5-4-8(3)6-9(10)12/h4-8,12H,1-3H3. The Kier molecular flexibility index (Phi) is 2.86. The highest BCUT2D eigenvalue weighted by molar-refractivity contribution is 14.1. The van der Waals surface area contributed by atoms with Crippen LogP contribution < -0.4 is 0 Å². The molecule has 12 heavy (non-hydrogen) atoms. The number of hydrogen-bond donors (Lipinski definition) is 1. The maximum Gasteiger partial charge on any atom is 0.109 e. The normalized spacial score (nSPS) is 35.4. The summed E-state index contributed by atoms with van der Waals surface area (Å²) in [7, 11) is 0. The molecular weight excluding hydrogens is 263 g/mol. The quantitative estimate of drug-likeness (QED) is 0.442. The zero-order valence-corrected chi connectivity index (χ0v) is 9.87. The first-order valence-corrected chi connectivity index (χ1v) is 5.34. The molecule has 1 rings (SSSR count). The molecule has 0 aromatic heterocycles. The number of aliphatic hydroxyl groups excluding tert-OH is 1. The van der Waals surface area contributed by atoms with Crippen LogP contribution >= 0.6 is 22.6 Å². The van der Waals surface area contributed by atoms with Crippen molar-refractivity contribution in [2.75, 3.05) is 0 Å². The highest BCUT2D eigenvalue weighted by Crippen LogP contribution is 2.39. The van der Waals surface area contributed by atoms with Crippen molar-refractivity contribution in [3.63, 3.8) is 0 Å². The summed E-state index contributed by atoms with van der Waals surface area (Å²) < 4.78 is -0.176. The van der Waals surface area contributed by atoms with Crippen molar-refractivity contribution >= 4 is 22.6 Å². The monoisotopic (exact) mass is 278 g/mol. The summed E-state index contributed by atoms with van der Waals surface area (Å²) in [4.78, 5) is 0. The van der Waals surface area contributed by atoms with Gasteiger partial charge in [-0.1, -0.05) is 55.5 Å². The van der Waals surface area contributed by atoms with Crippen LogP contribution in [-0.2, 0) is 0 Å². The molecule has 1 nitrogen and oxygen atoms in total. The van der Waals surface area contributed by atoms with E-state index in [-0.39, 0.29) is 3.42 Å². The van der Waals surface area contributed by atoms with E-state index in [4.69, 9.17) is 0 Å². The van der Waals surface area contributed by atoms with Crippen molar-refractivity contribution in [1.82, 2.24) is 0 Å². The molecule has 0 saturated carbocycles. The summed E-state index contributed by atoms with van der Waals surface area (Å²) in [6.45, 7) is 6.32. The van der Waals surface area contributed by atoms with Crippen molar-refractivity contribution in [1.29, 1.82) is 0 Å². The van der Waals surface area contributed by atoms with Crippen LogP contribution in [-0.4, -0.2) is 8.53 Å². The summed E-state index contributed by atoms with van der Waals surface area (Å²) in [6.07, 6.45) is 6.18. The molecule has 1 N–H and O–H groups in total. The van der Waals surface area contributed by atoms with Gasteiger partial charge in [0.05, 0.1) is 3.42 Å². The van der Waals surface area contributed by atoms with Gasteiger partial charge >= 0.3 is 0 Å². The Bertz CT molecular complexity index is 230. The van der Waals surface area contributed by atoms with E-state index in [9.17, 15) is 5.11 Å². The van der Waals surface area contributed by atoms with Gasteiger partial charge in [-0.2, -0.15) is 0 Å². The molecule has 0 radical (unpaired) electrons. The van der Waals surface area contributed by atoms with Crippen LogP contribution in [0.3, 0.4) is 0 Å². The Balaban J connectivity index is 2.94. The topological polar surface area (TPSA) is 20.2 Å². The lowest BCUT2D eigenvalue weighted by molar-refractivity contribution is 0.338. The molecule has 2 unspecified atom stereocenters. The Morgan fingerprint density at radius 1 is 1.58 bits per heavy atom. The second kappa shape index (κ2) is 3.40. The van der Waals surface area contributed by atoms with Gasteiger partial charge in [0, 0.05) is 0 Å². The van der Waals surface area contributed by atoms with Crippen molar-refractivity contribution in [3.8, 4) is 0 Å². The predicted molar refractivity (Wildman–Crippen MR) is 60.6 cm³/mol. The van der Waals surface area contributed by atoms with E-state index in [0.29, 0.717) is 17.6 Å². The maximum atomic E-state index is 9.77. The average Bonchev–Trinajstić information content (AvgIpc) is 1.97. The predicted octanol–water partition coefficient (Wildman–Crippen LogP) is 3.46. The fourth-order valence-corrected chi connectivity index (χ4v) is 1.69. The van der Waals surface area contributed by atoms with Gasteiger partial charge < -0.3 is 5.11 Å². The van der Waals surface area contributed by atoms with Crippen LogP contribution in [0, 0.1) is 11.8 Å². The van der Waals surface area contributed by atoms with Gasteiger partial charge in [0.25, 0.3) is 0 Å². The number of aliphatic hydroxyl groups is 1. The molecule has 2 heteroatoms. The molecule has 2 atom stereocenters. The van der Waals surface area contributed by atoms with Crippen molar-refractivity contribution in [2.24, 2.45) is 11.8 Å². The minimum absolute atomic E-state index is 0.176. The second-order valence-electron chi connectivity index (χ2n) is 3.69. The number of hydrogen-bond acceptors (Lipinski definition) is 1. The molecule has 0 aromatic rings. The summed E-state index contributed by atoms with van der Waals surface area (Å²) in [5.74, 6) is 1.30. The molecule has 0 bridgehead atoms. The molecule has 68 valence electrons. The zero-order chi connectivity index (χ0) is 9.35. The van der Waals surface area contributed by atoms with Crippen LogP contribution in [0.25, 0.3) is 0 Å². The Morgan fingerprint density at radius 3 is 2.58 bits per heavy atom. The van der Waals surface area contributed by atoms with E-state index in [1.54, 1.807) is 0 Å². The third kappa shape index (κ3) is 1.68. The van der Waals surface area contributed by atoms with E-state index in [2.05, 4.69) is 55.5 Å². The van der Waals surface area contributed by atoms with Crippen molar-refractivity contribution in [3.05, 3.63) is 24.0 Å². The van der Waals surface area contributed by atoms with Crippen LogP contribution in [0.15, 0.2) is 24.0 Å². The van der Waals surface area contributed by atoms with Crippen molar-refractivity contribution < 1.29 is 5.11 Å². The first kappa shape index (κ1) is 10.1. The smallest absolute Gasteiger partial charge is 0.109 e. The van der Waals surface area contributed by atoms with Gasteiger partial charge in [0.2, 0.25) is 0 Å². The Labute approximate surface area is 87.7 Å². The van der Waals surface area contributed by atoms with E-state index in [0.717, 1.165) is 0 Å². The Morgan fingerprint density at radius 2 is 2.17 bits per heavy atom. The molecule has 0 aliphatic heterocycles. The number of rotatable bonds is 1. The molecule has 0 aromatic carbocycles. The molecule has 0 heterocycles. The van der Waals surface area contributed by atoms with E-state index in [1.807, 2.05) is 6.08 Å². The van der Waals surface area contributed by atoms with Gasteiger partial charge in [-0.25, -0.2) is 0 Å². The lowest BCUT2D eigenvalue weighted by atomic mass is 9.87. The summed E-state index contributed by atoms with van der Waals surface area (Å²) >= 11 is 2.31. The molecular formula is C10H15IO. The van der Waals surface area contributed by atoms with Crippen LogP contribution in [0.4, 0.5) is 0 Å². The lowest BCUT2D eigenvalue weighted by Crippen LogP contribution is -2.30. The van der Waals surface area contributed by atoms with E-state index < -0.39 is 0 Å². The average molecular weight is 278 g/mol. The second-order valence-corrected chi connectivity index (χ2v) is 5.48. The Hall–Kier alpha value is 0.01000. The first-order chi connectivity index (χ1) is 5.47. The fourth-order valence-electron chi connectivity index (χ4n) is 1.30. The van der Waals surface area contributed by atoms with Gasteiger partial charge in [0.15, 0.2) is 0 Å². The summed E-state index contributed by atoms with van der Waals surface area (Å²) in [5.41, 5.74) is 0. The van der Waals surface area contributed by atoms with Crippen LogP contribution in [0.1, 0.15) is 20.8 Å². The maximum absolute atomic E-state index is 9.77. The van der Waals surface area contributed by atoms with Gasteiger partial charge in [0.1, 0.15) is 5.76 Å². The third-order valence-electron chi connectivity index (χ3n) is 2.30. The minimum atomic E-state index is -0.176. The summed E-state index contributed by atoms with van der Waals surface area (Å²) in [6, 6.07) is 0. The highest BCUT2D eigenvalue weighted by Gasteiger charge is 2.34. The van der Waals surface area contributed by atoms with Crippen molar-refractivity contribution in [2.45, 2.75) is 24.2 Å².